The quantitative estimate of drug-likeness (QED) is 0.442. The van der Waals surface area contributed by atoms with E-state index in [0.717, 1.165) is 5.56 Å². The summed E-state index contributed by atoms with van der Waals surface area (Å²) in [5.41, 5.74) is -0.726. The Morgan fingerprint density at radius 1 is 1.18 bits per heavy atom. The lowest BCUT2D eigenvalue weighted by Gasteiger charge is -2.51. The number of rotatable bonds is 4. The molecule has 0 bridgehead atoms. The van der Waals surface area contributed by atoms with Crippen molar-refractivity contribution >= 4 is 35.2 Å². The van der Waals surface area contributed by atoms with Gasteiger partial charge in [-0.2, -0.15) is 0 Å². The molecule has 0 aromatic heterocycles. The fourth-order valence-electron chi connectivity index (χ4n) is 5.16. The Bertz CT molecular complexity index is 1240. The maximum Gasteiger partial charge on any atom is 0.418 e. The van der Waals surface area contributed by atoms with E-state index in [9.17, 15) is 14.7 Å². The molecule has 1 aromatic rings. The van der Waals surface area contributed by atoms with Gasteiger partial charge in [0.25, 0.3) is 0 Å². The van der Waals surface area contributed by atoms with Crippen LogP contribution in [0.1, 0.15) is 53.0 Å². The number of hydrogen-bond donors (Lipinski definition) is 1. The Balaban J connectivity index is 1.53. The van der Waals surface area contributed by atoms with Gasteiger partial charge in [-0.15, -0.1) is 0 Å². The first-order valence-electron chi connectivity index (χ1n) is 13.1. The van der Waals surface area contributed by atoms with E-state index < -0.39 is 28.6 Å². The molecule has 1 fully saturated rings. The second-order valence-electron chi connectivity index (χ2n) is 12.0. The number of halogens is 2. The normalized spacial score (nSPS) is 24.8. The minimum absolute atomic E-state index is 0.100. The van der Waals surface area contributed by atoms with Gasteiger partial charge >= 0.3 is 6.09 Å². The van der Waals surface area contributed by atoms with Crippen LogP contribution in [0.3, 0.4) is 0 Å². The molecule has 2 heterocycles. The molecule has 2 aliphatic heterocycles. The van der Waals surface area contributed by atoms with E-state index in [0.29, 0.717) is 53.7 Å². The zero-order valence-corrected chi connectivity index (χ0v) is 24.6. The summed E-state index contributed by atoms with van der Waals surface area (Å²) in [6, 6.07) is 7.49. The van der Waals surface area contributed by atoms with Crippen molar-refractivity contribution in [2.24, 2.45) is 11.3 Å². The van der Waals surface area contributed by atoms with E-state index in [4.69, 9.17) is 32.7 Å². The highest BCUT2D eigenvalue weighted by Gasteiger charge is 2.49. The van der Waals surface area contributed by atoms with Gasteiger partial charge in [0.1, 0.15) is 17.6 Å². The maximum absolute atomic E-state index is 13.9. The van der Waals surface area contributed by atoms with E-state index in [2.05, 4.69) is 0 Å². The smallest absolute Gasteiger partial charge is 0.418 e. The average Bonchev–Trinajstić information content (AvgIpc) is 2.85. The van der Waals surface area contributed by atoms with Gasteiger partial charge < -0.3 is 19.5 Å². The summed E-state index contributed by atoms with van der Waals surface area (Å²) in [6.07, 6.45) is 8.70. The Labute approximate surface area is 240 Å². The van der Waals surface area contributed by atoms with Crippen LogP contribution in [0.5, 0.6) is 0 Å². The summed E-state index contributed by atoms with van der Waals surface area (Å²) in [6.45, 7) is 10.1. The first-order valence-corrected chi connectivity index (χ1v) is 13.8. The molecular formula is C30H36Cl2N2O5. The molecule has 210 valence electrons. The number of allylic oxidation sites excluding steroid dienone is 4. The zero-order valence-electron chi connectivity index (χ0n) is 23.0. The van der Waals surface area contributed by atoms with Crippen molar-refractivity contribution in [3.05, 3.63) is 82.0 Å². The van der Waals surface area contributed by atoms with Crippen LogP contribution in [0.25, 0.3) is 0 Å². The van der Waals surface area contributed by atoms with Crippen LogP contribution in [0.15, 0.2) is 71.4 Å². The molecule has 1 aliphatic carbocycles. The highest BCUT2D eigenvalue weighted by Crippen LogP contribution is 2.43. The Kier molecular flexibility index (Phi) is 8.27. The fraction of sp³-hybridized carbons (Fsp3) is 0.467. The summed E-state index contributed by atoms with van der Waals surface area (Å²) in [5.74, 6) is -0.387. The number of nitrogens with zero attached hydrogens (tertiary/aromatic N) is 2. The van der Waals surface area contributed by atoms with Crippen LogP contribution in [-0.4, -0.2) is 51.2 Å². The minimum Gasteiger partial charge on any atom is -0.462 e. The summed E-state index contributed by atoms with van der Waals surface area (Å²) >= 11 is 12.7. The molecular weight excluding hydrogens is 539 g/mol. The van der Waals surface area contributed by atoms with Crippen molar-refractivity contribution in [2.45, 2.75) is 65.1 Å². The van der Waals surface area contributed by atoms with Gasteiger partial charge in [0.05, 0.1) is 23.9 Å². The Hall–Kier alpha value is -2.74. The lowest BCUT2D eigenvalue weighted by molar-refractivity contribution is -0.153. The SMILES string of the molecule is CC(C)(C)OC(=O)N1C=COC(C2=C(Cl)C=CCC2C(=O)N2CCC(O)(Cc3ccc(Cl)cc3)C(C)(C)C2)=C1. The minimum atomic E-state index is -0.992. The first-order chi connectivity index (χ1) is 18.2. The second kappa shape index (κ2) is 11.0. The van der Waals surface area contributed by atoms with E-state index in [-0.39, 0.29) is 5.91 Å². The molecule has 3 aliphatic rings. The molecule has 7 nitrogen and oxygen atoms in total. The van der Waals surface area contributed by atoms with E-state index in [1.165, 1.54) is 23.6 Å². The monoisotopic (exact) mass is 574 g/mol. The molecule has 9 heteroatoms. The van der Waals surface area contributed by atoms with Crippen molar-refractivity contribution < 1.29 is 24.2 Å². The molecule has 1 N–H and O–H groups in total. The lowest BCUT2D eigenvalue weighted by atomic mass is 9.67. The molecule has 39 heavy (non-hydrogen) atoms. The Morgan fingerprint density at radius 2 is 1.87 bits per heavy atom. The third-order valence-corrected chi connectivity index (χ3v) is 8.03. The number of carbonyl (C=O) groups is 2. The molecule has 2 unspecified atom stereocenters. The first kappa shape index (κ1) is 29.2. The van der Waals surface area contributed by atoms with Crippen molar-refractivity contribution in [3.8, 4) is 0 Å². The predicted molar refractivity (Wildman–Crippen MR) is 152 cm³/mol. The van der Waals surface area contributed by atoms with Gasteiger partial charge in [0, 0.05) is 40.6 Å². The summed E-state index contributed by atoms with van der Waals surface area (Å²) in [7, 11) is 0. The molecule has 2 amide bonds. The molecule has 0 saturated carbocycles. The van der Waals surface area contributed by atoms with Gasteiger partial charge in [-0.1, -0.05) is 55.3 Å². The number of ether oxygens (including phenoxy) is 2. The van der Waals surface area contributed by atoms with Gasteiger partial charge in [-0.3, -0.25) is 9.69 Å². The van der Waals surface area contributed by atoms with Crippen LogP contribution in [0.4, 0.5) is 4.79 Å². The number of likely N-dealkylation sites (tertiary alicyclic amines) is 1. The maximum atomic E-state index is 13.9. The van der Waals surface area contributed by atoms with E-state index in [1.54, 1.807) is 31.7 Å². The average molecular weight is 576 g/mol. The van der Waals surface area contributed by atoms with Gasteiger partial charge in [-0.05, 0) is 57.4 Å². The number of benzene rings is 1. The number of hydrogen-bond acceptors (Lipinski definition) is 5. The van der Waals surface area contributed by atoms with Crippen LogP contribution in [0, 0.1) is 11.3 Å². The number of carbonyl (C=O) groups excluding carboxylic acids is 2. The molecule has 0 radical (unpaired) electrons. The van der Waals surface area contributed by atoms with Crippen molar-refractivity contribution in [2.75, 3.05) is 13.1 Å². The molecule has 1 aromatic carbocycles. The summed E-state index contributed by atoms with van der Waals surface area (Å²) < 4.78 is 11.2. The molecule has 2 atom stereocenters. The predicted octanol–water partition coefficient (Wildman–Crippen LogP) is 6.52. The van der Waals surface area contributed by atoms with Crippen LogP contribution in [-0.2, 0) is 20.7 Å². The summed E-state index contributed by atoms with van der Waals surface area (Å²) in [4.78, 5) is 29.7. The van der Waals surface area contributed by atoms with Crippen molar-refractivity contribution in [1.29, 1.82) is 0 Å². The van der Waals surface area contributed by atoms with Crippen LogP contribution in [0.2, 0.25) is 5.02 Å². The van der Waals surface area contributed by atoms with Crippen molar-refractivity contribution in [1.82, 2.24) is 9.80 Å². The fourth-order valence-corrected chi connectivity index (χ4v) is 5.60. The largest absolute Gasteiger partial charge is 0.462 e. The second-order valence-corrected chi connectivity index (χ2v) is 12.8. The highest BCUT2D eigenvalue weighted by atomic mass is 35.5. The number of amides is 2. The van der Waals surface area contributed by atoms with Gasteiger partial charge in [-0.25, -0.2) is 4.79 Å². The summed E-state index contributed by atoms with van der Waals surface area (Å²) in [5, 5.41) is 12.7. The van der Waals surface area contributed by atoms with Crippen molar-refractivity contribution in [3.63, 3.8) is 0 Å². The lowest BCUT2D eigenvalue weighted by Crippen LogP contribution is -2.60. The molecule has 1 saturated heterocycles. The zero-order chi connectivity index (χ0) is 28.6. The Morgan fingerprint density at radius 3 is 2.51 bits per heavy atom. The van der Waals surface area contributed by atoms with Crippen LogP contribution < -0.4 is 0 Å². The number of aliphatic hydroxyl groups is 1. The highest BCUT2D eigenvalue weighted by molar-refractivity contribution is 6.32. The van der Waals surface area contributed by atoms with E-state index in [1.807, 2.05) is 44.2 Å². The third kappa shape index (κ3) is 6.53. The van der Waals surface area contributed by atoms with E-state index >= 15 is 0 Å². The van der Waals surface area contributed by atoms with Gasteiger partial charge in [0.2, 0.25) is 5.91 Å². The van der Waals surface area contributed by atoms with Crippen LogP contribution >= 0.6 is 23.2 Å². The molecule has 4 rings (SSSR count). The topological polar surface area (TPSA) is 79.3 Å². The standard InChI is InChI=1S/C30H36Cl2N2O5/c1-28(2,3)39-27(36)33-15-16-38-24(18-33)25-22(7-6-8-23(25)32)26(35)34-14-13-30(37,29(4,5)19-34)17-20-9-11-21(31)12-10-20/h6,8-12,15-16,18,22,37H,7,13-14,17,19H2,1-5H3. The third-order valence-electron chi connectivity index (χ3n) is 7.45. The van der Waals surface area contributed by atoms with Gasteiger partial charge in [0.15, 0.2) is 0 Å². The molecule has 0 spiro atoms. The number of piperidine rings is 1.